The Balaban J connectivity index is 1.73. The Bertz CT molecular complexity index is 1070. The Labute approximate surface area is 160 Å². The zero-order valence-corrected chi connectivity index (χ0v) is 15.7. The van der Waals surface area contributed by atoms with Crippen LogP contribution in [0.25, 0.3) is 22.0 Å². The zero-order valence-electron chi connectivity index (χ0n) is 13.4. The van der Waals surface area contributed by atoms with Gasteiger partial charge in [0.2, 0.25) is 0 Å². The molecule has 3 aromatic carbocycles. The lowest BCUT2D eigenvalue weighted by Gasteiger charge is -2.07. The van der Waals surface area contributed by atoms with Crippen molar-refractivity contribution in [1.29, 1.82) is 0 Å². The number of benzene rings is 3. The third-order valence-corrected chi connectivity index (χ3v) is 5.45. The van der Waals surface area contributed by atoms with E-state index in [0.717, 1.165) is 27.0 Å². The van der Waals surface area contributed by atoms with Crippen LogP contribution < -0.4 is 5.32 Å². The van der Waals surface area contributed by atoms with E-state index in [2.05, 4.69) is 29.6 Å². The molecule has 1 N–H and O–H groups in total. The molecule has 0 spiro atoms. The van der Waals surface area contributed by atoms with Crippen LogP contribution in [-0.4, -0.2) is 4.98 Å². The van der Waals surface area contributed by atoms with E-state index in [-0.39, 0.29) is 0 Å². The van der Waals surface area contributed by atoms with Gasteiger partial charge in [0.15, 0.2) is 5.13 Å². The van der Waals surface area contributed by atoms with Crippen LogP contribution in [0.2, 0.25) is 10.0 Å². The van der Waals surface area contributed by atoms with E-state index in [0.29, 0.717) is 10.0 Å². The molecular weight excluding hydrogens is 371 g/mol. The number of nitrogens with zero attached hydrogens (tertiary/aromatic N) is 1. The summed E-state index contributed by atoms with van der Waals surface area (Å²) in [7, 11) is 0. The summed E-state index contributed by atoms with van der Waals surface area (Å²) in [6.07, 6.45) is 0. The van der Waals surface area contributed by atoms with Gasteiger partial charge in [-0.1, -0.05) is 59.6 Å². The Kier molecular flexibility index (Phi) is 4.38. The summed E-state index contributed by atoms with van der Waals surface area (Å²) in [5, 5.41) is 7.89. The van der Waals surface area contributed by atoms with Crippen molar-refractivity contribution in [3.63, 3.8) is 0 Å². The predicted molar refractivity (Wildman–Crippen MR) is 110 cm³/mol. The molecule has 0 fully saturated rings. The maximum atomic E-state index is 6.34. The largest absolute Gasteiger partial charge is 0.331 e. The molecule has 0 bridgehead atoms. The highest BCUT2D eigenvalue weighted by Gasteiger charge is 2.14. The number of anilines is 2. The summed E-state index contributed by atoms with van der Waals surface area (Å²) < 4.78 is 0. The van der Waals surface area contributed by atoms with Crippen molar-refractivity contribution in [2.24, 2.45) is 0 Å². The smallest absolute Gasteiger partial charge is 0.187 e. The van der Waals surface area contributed by atoms with Gasteiger partial charge in [-0.05, 0) is 36.6 Å². The normalized spacial score (nSPS) is 11.0. The number of halogens is 2. The van der Waals surface area contributed by atoms with Gasteiger partial charge in [0.05, 0.1) is 10.7 Å². The minimum atomic E-state index is 0.609. The van der Waals surface area contributed by atoms with Crippen molar-refractivity contribution in [3.8, 4) is 11.3 Å². The fourth-order valence-electron chi connectivity index (χ4n) is 2.83. The molecule has 124 valence electrons. The molecule has 4 rings (SSSR count). The van der Waals surface area contributed by atoms with E-state index in [1.807, 2.05) is 37.3 Å². The molecule has 0 aliphatic carbocycles. The van der Waals surface area contributed by atoms with Gasteiger partial charge in [0.25, 0.3) is 0 Å². The molecule has 0 aliphatic heterocycles. The van der Waals surface area contributed by atoms with E-state index >= 15 is 0 Å². The molecule has 25 heavy (non-hydrogen) atoms. The predicted octanol–water partition coefficient (Wildman–Crippen LogP) is 7.32. The maximum Gasteiger partial charge on any atom is 0.187 e. The van der Waals surface area contributed by atoms with Gasteiger partial charge in [-0.25, -0.2) is 4.98 Å². The van der Waals surface area contributed by atoms with Gasteiger partial charge in [0, 0.05) is 26.5 Å². The molecule has 4 aromatic rings. The molecule has 0 unspecified atom stereocenters. The molecule has 5 heteroatoms. The minimum Gasteiger partial charge on any atom is -0.331 e. The molecule has 0 radical (unpaired) electrons. The molecule has 0 saturated carbocycles. The van der Waals surface area contributed by atoms with E-state index in [4.69, 9.17) is 28.2 Å². The molecule has 0 aliphatic rings. The van der Waals surface area contributed by atoms with Crippen molar-refractivity contribution in [2.75, 3.05) is 5.32 Å². The van der Waals surface area contributed by atoms with Crippen LogP contribution in [-0.2, 0) is 0 Å². The first-order valence-corrected chi connectivity index (χ1v) is 9.37. The van der Waals surface area contributed by atoms with E-state index in [1.165, 1.54) is 10.8 Å². The average Bonchev–Trinajstić information content (AvgIpc) is 2.95. The van der Waals surface area contributed by atoms with E-state index in [9.17, 15) is 0 Å². The molecule has 2 nitrogen and oxygen atoms in total. The number of rotatable bonds is 3. The third-order valence-electron chi connectivity index (χ3n) is 4.01. The lowest BCUT2D eigenvalue weighted by Crippen LogP contribution is -1.91. The molecule has 1 aromatic heterocycles. The van der Waals surface area contributed by atoms with Crippen LogP contribution in [0.5, 0.6) is 0 Å². The van der Waals surface area contributed by atoms with Gasteiger partial charge in [-0.3, -0.25) is 0 Å². The fourth-order valence-corrected chi connectivity index (χ4v) is 4.17. The van der Waals surface area contributed by atoms with Crippen molar-refractivity contribution >= 4 is 56.1 Å². The Morgan fingerprint density at radius 2 is 1.76 bits per heavy atom. The molecule has 0 atom stereocenters. The van der Waals surface area contributed by atoms with Crippen LogP contribution in [0, 0.1) is 6.92 Å². The molecule has 0 saturated heterocycles. The molecule has 1 heterocycles. The van der Waals surface area contributed by atoms with Crippen LogP contribution >= 0.6 is 34.5 Å². The van der Waals surface area contributed by atoms with Crippen LogP contribution in [0.15, 0.2) is 60.7 Å². The van der Waals surface area contributed by atoms with Gasteiger partial charge in [-0.2, -0.15) is 0 Å². The molecule has 0 amide bonds. The first-order chi connectivity index (χ1) is 12.1. The van der Waals surface area contributed by atoms with Crippen LogP contribution in [0.1, 0.15) is 4.88 Å². The van der Waals surface area contributed by atoms with Crippen LogP contribution in [0.4, 0.5) is 10.8 Å². The topological polar surface area (TPSA) is 24.9 Å². The first kappa shape index (κ1) is 16.4. The fraction of sp³-hybridized carbons (Fsp3) is 0.0500. The molecular formula is C20H14Cl2N2S. The van der Waals surface area contributed by atoms with Crippen LogP contribution in [0.3, 0.4) is 0 Å². The van der Waals surface area contributed by atoms with E-state index in [1.54, 1.807) is 17.4 Å². The number of aryl methyl sites for hydroxylation is 1. The minimum absolute atomic E-state index is 0.609. The summed E-state index contributed by atoms with van der Waals surface area (Å²) in [6.45, 7) is 2.05. The number of hydrogen-bond donors (Lipinski definition) is 1. The van der Waals surface area contributed by atoms with Crippen molar-refractivity contribution in [1.82, 2.24) is 4.98 Å². The highest BCUT2D eigenvalue weighted by Crippen LogP contribution is 2.37. The van der Waals surface area contributed by atoms with Crippen molar-refractivity contribution in [2.45, 2.75) is 6.92 Å². The Hall–Kier alpha value is -2.07. The van der Waals surface area contributed by atoms with E-state index < -0.39 is 0 Å². The monoisotopic (exact) mass is 384 g/mol. The second-order valence-electron chi connectivity index (χ2n) is 5.70. The number of fused-ring (bicyclic) bond motifs is 1. The summed E-state index contributed by atoms with van der Waals surface area (Å²) in [5.41, 5.74) is 2.82. The highest BCUT2D eigenvalue weighted by atomic mass is 35.5. The first-order valence-electron chi connectivity index (χ1n) is 7.79. The Morgan fingerprint density at radius 1 is 0.960 bits per heavy atom. The standard InChI is InChI=1S/C20H14Cl2N2S/c1-12-19(16-10-9-14(21)11-17(16)22)24-20(25-12)23-18-8-4-6-13-5-2-3-7-15(13)18/h2-11H,1H3,(H,23,24). The quantitative estimate of drug-likeness (QED) is 0.400. The lowest BCUT2D eigenvalue weighted by atomic mass is 10.1. The number of thiazole rings is 1. The zero-order chi connectivity index (χ0) is 17.4. The second-order valence-corrected chi connectivity index (χ2v) is 7.75. The van der Waals surface area contributed by atoms with Crippen molar-refractivity contribution in [3.05, 3.63) is 75.6 Å². The van der Waals surface area contributed by atoms with Gasteiger partial charge in [-0.15, -0.1) is 11.3 Å². The second kappa shape index (κ2) is 6.68. The summed E-state index contributed by atoms with van der Waals surface area (Å²) in [5.74, 6) is 0. The van der Waals surface area contributed by atoms with Gasteiger partial charge in [0.1, 0.15) is 0 Å². The SMILES string of the molecule is Cc1sc(Nc2cccc3ccccc23)nc1-c1ccc(Cl)cc1Cl. The maximum absolute atomic E-state index is 6.34. The summed E-state index contributed by atoms with van der Waals surface area (Å²) in [6, 6.07) is 20.0. The Morgan fingerprint density at radius 3 is 2.60 bits per heavy atom. The third kappa shape index (κ3) is 3.23. The van der Waals surface area contributed by atoms with Gasteiger partial charge < -0.3 is 5.32 Å². The number of aromatic nitrogens is 1. The highest BCUT2D eigenvalue weighted by molar-refractivity contribution is 7.16. The average molecular weight is 385 g/mol. The number of hydrogen-bond acceptors (Lipinski definition) is 3. The summed E-state index contributed by atoms with van der Waals surface area (Å²) in [4.78, 5) is 5.86. The van der Waals surface area contributed by atoms with Crippen molar-refractivity contribution < 1.29 is 0 Å². The summed E-state index contributed by atoms with van der Waals surface area (Å²) >= 11 is 14.0. The number of nitrogens with one attached hydrogen (secondary N) is 1. The lowest BCUT2D eigenvalue weighted by molar-refractivity contribution is 1.36. The van der Waals surface area contributed by atoms with Gasteiger partial charge >= 0.3 is 0 Å².